The third kappa shape index (κ3) is 9.49. The number of amides is 1. The molecule has 2 N–H and O–H groups in total. The molecule has 0 bridgehead atoms. The van der Waals surface area contributed by atoms with E-state index >= 15 is 0 Å². The van der Waals surface area contributed by atoms with E-state index in [4.69, 9.17) is 38.1 Å². The van der Waals surface area contributed by atoms with E-state index in [1.54, 1.807) is 13.8 Å². The van der Waals surface area contributed by atoms with Crippen molar-refractivity contribution in [3.63, 3.8) is 0 Å². The molecule has 0 unspecified atom stereocenters. The van der Waals surface area contributed by atoms with Gasteiger partial charge in [0.25, 0.3) is 5.91 Å². The Kier molecular flexibility index (Phi) is 12.3. The van der Waals surface area contributed by atoms with E-state index in [-0.39, 0.29) is 66.8 Å². The molecule has 41 heavy (non-hydrogen) atoms. The zero-order valence-electron chi connectivity index (χ0n) is 24.3. The summed E-state index contributed by atoms with van der Waals surface area (Å²) in [6.45, 7) is 9.36. The SMILES string of the molecule is CCOC(=O)[C@@H]1CC[C@@H](N/C(=C(\C=N)C(=O)N(CCc2c(Cl)cnc(OC)c2Cl)CC(C)(C)C)C(F)(F)F)C[C@@H]1C. The van der Waals surface area contributed by atoms with E-state index in [9.17, 15) is 22.8 Å². The summed E-state index contributed by atoms with van der Waals surface area (Å²) in [7, 11) is 1.39. The number of alkyl halides is 3. The molecule has 0 radical (unpaired) electrons. The molecule has 1 saturated carbocycles. The number of methoxy groups -OCH3 is 1. The second-order valence-corrected chi connectivity index (χ2v) is 12.2. The van der Waals surface area contributed by atoms with Crippen LogP contribution in [0, 0.1) is 22.7 Å². The molecule has 8 nitrogen and oxygen atoms in total. The maximum Gasteiger partial charge on any atom is 0.431 e. The predicted octanol–water partition coefficient (Wildman–Crippen LogP) is 6.24. The highest BCUT2D eigenvalue weighted by molar-refractivity contribution is 6.36. The van der Waals surface area contributed by atoms with Crippen LogP contribution in [0.5, 0.6) is 5.88 Å². The smallest absolute Gasteiger partial charge is 0.431 e. The number of ether oxygens (including phenoxy) is 2. The van der Waals surface area contributed by atoms with Crippen LogP contribution in [-0.2, 0) is 20.7 Å². The number of carbonyl (C=O) groups is 2. The lowest BCUT2D eigenvalue weighted by molar-refractivity contribution is -0.151. The first-order chi connectivity index (χ1) is 19.0. The molecule has 2 rings (SSSR count). The van der Waals surface area contributed by atoms with Crippen LogP contribution in [0.4, 0.5) is 13.2 Å². The second kappa shape index (κ2) is 14.6. The van der Waals surface area contributed by atoms with Gasteiger partial charge < -0.3 is 25.1 Å². The van der Waals surface area contributed by atoms with E-state index < -0.39 is 40.7 Å². The summed E-state index contributed by atoms with van der Waals surface area (Å²) in [5.74, 6) is -1.79. The molecule has 1 aromatic rings. The van der Waals surface area contributed by atoms with Crippen molar-refractivity contribution in [2.24, 2.45) is 17.3 Å². The first-order valence-corrected chi connectivity index (χ1v) is 14.2. The Labute approximate surface area is 249 Å². The van der Waals surface area contributed by atoms with Crippen molar-refractivity contribution >= 4 is 41.3 Å². The molecule has 1 fully saturated rings. The van der Waals surface area contributed by atoms with Crippen molar-refractivity contribution in [1.82, 2.24) is 15.2 Å². The quantitative estimate of drug-likeness (QED) is 0.172. The Morgan fingerprint density at radius 2 is 1.90 bits per heavy atom. The lowest BCUT2D eigenvalue weighted by atomic mass is 9.78. The summed E-state index contributed by atoms with van der Waals surface area (Å²) in [6.07, 6.45) is -2.12. The summed E-state index contributed by atoms with van der Waals surface area (Å²) in [4.78, 5) is 31.2. The molecular weight excluding hydrogens is 584 g/mol. The fourth-order valence-corrected chi connectivity index (χ4v) is 5.59. The fourth-order valence-electron chi connectivity index (χ4n) is 4.98. The zero-order chi connectivity index (χ0) is 31.1. The highest BCUT2D eigenvalue weighted by atomic mass is 35.5. The van der Waals surface area contributed by atoms with E-state index in [1.807, 2.05) is 20.8 Å². The van der Waals surface area contributed by atoms with E-state index in [0.29, 0.717) is 18.2 Å². The Morgan fingerprint density at radius 3 is 2.41 bits per heavy atom. The number of pyridine rings is 1. The summed E-state index contributed by atoms with van der Waals surface area (Å²) >= 11 is 12.7. The lowest BCUT2D eigenvalue weighted by Gasteiger charge is -2.35. The summed E-state index contributed by atoms with van der Waals surface area (Å²) < 4.78 is 53.4. The van der Waals surface area contributed by atoms with Crippen molar-refractivity contribution in [2.45, 2.75) is 72.5 Å². The van der Waals surface area contributed by atoms with Crippen LogP contribution < -0.4 is 10.1 Å². The number of rotatable bonds is 11. The molecule has 1 heterocycles. The molecule has 0 saturated heterocycles. The Hall–Kier alpha value is -2.53. The van der Waals surface area contributed by atoms with Crippen molar-refractivity contribution < 1.29 is 32.2 Å². The zero-order valence-corrected chi connectivity index (χ0v) is 25.8. The number of carbonyl (C=O) groups excluding carboxylic acids is 2. The Balaban J connectivity index is 2.40. The normalized spacial score (nSPS) is 20.1. The standard InChI is InChI=1S/C28H39Cl2F3N4O4/c1-7-41-26(39)18-9-8-17(12-16(18)2)36-23(28(31,32)33)20(13-34)25(38)37(15-27(3,4)5)11-10-19-21(29)14-35-24(40-6)22(19)30/h13-14,16-18,34,36H,7-12,15H2,1-6H3/b23-20+,34-13?/t16-,17+,18+/m0/s1. The number of nitrogens with one attached hydrogen (secondary N) is 2. The van der Waals surface area contributed by atoms with Gasteiger partial charge in [0.2, 0.25) is 5.88 Å². The molecule has 230 valence electrons. The van der Waals surface area contributed by atoms with Gasteiger partial charge in [0, 0.05) is 31.5 Å². The van der Waals surface area contributed by atoms with Gasteiger partial charge >= 0.3 is 12.1 Å². The average Bonchev–Trinajstić information content (AvgIpc) is 2.86. The topological polar surface area (TPSA) is 105 Å². The van der Waals surface area contributed by atoms with Crippen LogP contribution in [0.15, 0.2) is 17.5 Å². The minimum Gasteiger partial charge on any atom is -0.480 e. The van der Waals surface area contributed by atoms with Gasteiger partial charge in [0.15, 0.2) is 0 Å². The molecule has 13 heteroatoms. The molecular formula is C28H39Cl2F3N4O4. The number of esters is 1. The highest BCUT2D eigenvalue weighted by Crippen LogP contribution is 2.35. The number of hydrogen-bond donors (Lipinski definition) is 2. The molecule has 0 aromatic carbocycles. The first kappa shape index (κ1) is 34.7. The van der Waals surface area contributed by atoms with Crippen LogP contribution in [-0.4, -0.2) is 67.0 Å². The van der Waals surface area contributed by atoms with Crippen LogP contribution in [0.2, 0.25) is 10.0 Å². The number of allylic oxidation sites excluding steroid dienone is 1. The molecule has 0 spiro atoms. The third-order valence-corrected chi connectivity index (χ3v) is 7.56. The monoisotopic (exact) mass is 622 g/mol. The maximum absolute atomic E-state index is 14.4. The minimum atomic E-state index is -4.93. The maximum atomic E-state index is 14.4. The summed E-state index contributed by atoms with van der Waals surface area (Å²) in [6, 6.07) is -0.645. The predicted molar refractivity (Wildman–Crippen MR) is 152 cm³/mol. The average molecular weight is 624 g/mol. The van der Waals surface area contributed by atoms with Gasteiger partial charge in [0.05, 0.1) is 30.2 Å². The molecule has 1 aliphatic carbocycles. The van der Waals surface area contributed by atoms with Crippen molar-refractivity contribution in [2.75, 3.05) is 26.8 Å². The van der Waals surface area contributed by atoms with Gasteiger partial charge in [0.1, 0.15) is 10.7 Å². The van der Waals surface area contributed by atoms with E-state index in [2.05, 4.69) is 10.3 Å². The number of aromatic nitrogens is 1. The number of nitrogens with zero attached hydrogens (tertiary/aromatic N) is 2. The number of hydrogen-bond acceptors (Lipinski definition) is 7. The van der Waals surface area contributed by atoms with Gasteiger partial charge in [-0.3, -0.25) is 9.59 Å². The summed E-state index contributed by atoms with van der Waals surface area (Å²) in [5.41, 5.74) is -2.11. The molecule has 1 amide bonds. The van der Waals surface area contributed by atoms with Crippen LogP contribution >= 0.6 is 23.2 Å². The molecule has 0 aliphatic heterocycles. The first-order valence-electron chi connectivity index (χ1n) is 13.4. The largest absolute Gasteiger partial charge is 0.480 e. The summed E-state index contributed by atoms with van der Waals surface area (Å²) in [5, 5.41) is 10.7. The van der Waals surface area contributed by atoms with Crippen LogP contribution in [0.25, 0.3) is 0 Å². The van der Waals surface area contributed by atoms with Crippen LogP contribution in [0.3, 0.4) is 0 Å². The van der Waals surface area contributed by atoms with Gasteiger partial charge in [-0.15, -0.1) is 0 Å². The number of halogens is 5. The second-order valence-electron chi connectivity index (χ2n) is 11.4. The van der Waals surface area contributed by atoms with Crippen molar-refractivity contribution in [1.29, 1.82) is 5.41 Å². The van der Waals surface area contributed by atoms with E-state index in [1.165, 1.54) is 18.2 Å². The minimum absolute atomic E-state index is 0.0210. The van der Waals surface area contributed by atoms with E-state index in [0.717, 1.165) is 0 Å². The third-order valence-electron chi connectivity index (χ3n) is 6.85. The molecule has 1 aliphatic rings. The fraction of sp³-hybridized carbons (Fsp3) is 0.643. The van der Waals surface area contributed by atoms with Gasteiger partial charge in [-0.2, -0.15) is 13.2 Å². The van der Waals surface area contributed by atoms with Gasteiger partial charge in [-0.25, -0.2) is 4.98 Å². The molecule has 1 aromatic heterocycles. The van der Waals surface area contributed by atoms with Crippen molar-refractivity contribution in [3.8, 4) is 5.88 Å². The highest BCUT2D eigenvalue weighted by Gasteiger charge is 2.42. The molecule has 3 atom stereocenters. The Morgan fingerprint density at radius 1 is 1.24 bits per heavy atom. The van der Waals surface area contributed by atoms with Gasteiger partial charge in [-0.1, -0.05) is 50.9 Å². The van der Waals surface area contributed by atoms with Crippen molar-refractivity contribution in [3.05, 3.63) is 33.1 Å². The Bertz CT molecular complexity index is 1140. The lowest BCUT2D eigenvalue weighted by Crippen LogP contribution is -2.45. The van der Waals surface area contributed by atoms with Gasteiger partial charge in [-0.05, 0) is 49.5 Å². The van der Waals surface area contributed by atoms with Crippen LogP contribution in [0.1, 0.15) is 59.4 Å².